The van der Waals surface area contributed by atoms with Crippen LogP contribution in [0.15, 0.2) is 54.6 Å². The Labute approximate surface area is 163 Å². The third kappa shape index (κ3) is 3.86. The van der Waals surface area contributed by atoms with E-state index in [-0.39, 0.29) is 17.0 Å². The zero-order valence-electron chi connectivity index (χ0n) is 15.8. The summed E-state index contributed by atoms with van der Waals surface area (Å²) in [5.41, 5.74) is 2.63. The second-order valence-electron chi connectivity index (χ2n) is 7.78. The average molecular weight is 376 g/mol. The molecule has 28 heavy (non-hydrogen) atoms. The second kappa shape index (κ2) is 7.03. The van der Waals surface area contributed by atoms with E-state index in [2.05, 4.69) is 34.4 Å². The highest BCUT2D eigenvalue weighted by molar-refractivity contribution is 6.03. The van der Waals surface area contributed by atoms with E-state index < -0.39 is 0 Å². The number of rotatable bonds is 4. The molecule has 0 spiro atoms. The lowest BCUT2D eigenvalue weighted by atomic mass is 9.75. The molecular formula is C22H21FN4O. The maximum Gasteiger partial charge on any atom is 0.229 e. The molecule has 0 saturated carbocycles. The normalized spacial score (nSPS) is 15.0. The molecule has 2 aromatic carbocycles. The minimum atomic E-state index is -0.310. The number of nitrogens with one attached hydrogen (secondary N) is 2. The van der Waals surface area contributed by atoms with Gasteiger partial charge < -0.3 is 10.6 Å². The fourth-order valence-electron chi connectivity index (χ4n) is 3.43. The molecular weight excluding hydrogens is 355 g/mol. The number of benzene rings is 2. The van der Waals surface area contributed by atoms with Gasteiger partial charge in [-0.05, 0) is 48.2 Å². The lowest BCUT2D eigenvalue weighted by Crippen LogP contribution is -2.29. The first-order chi connectivity index (χ1) is 13.4. The Morgan fingerprint density at radius 3 is 2.29 bits per heavy atom. The van der Waals surface area contributed by atoms with Crippen molar-refractivity contribution in [1.82, 2.24) is 9.97 Å². The van der Waals surface area contributed by atoms with Crippen LogP contribution < -0.4 is 10.6 Å². The van der Waals surface area contributed by atoms with Gasteiger partial charge >= 0.3 is 0 Å². The Balaban J connectivity index is 1.76. The summed E-state index contributed by atoms with van der Waals surface area (Å²) >= 11 is 0. The number of nitrogens with zero attached hydrogens (tertiary/aromatic N) is 2. The first-order valence-electron chi connectivity index (χ1n) is 9.18. The molecule has 1 aliphatic rings. The van der Waals surface area contributed by atoms with Crippen LogP contribution in [0.3, 0.4) is 0 Å². The van der Waals surface area contributed by atoms with Gasteiger partial charge in [-0.2, -0.15) is 4.98 Å². The fourth-order valence-corrected chi connectivity index (χ4v) is 3.43. The van der Waals surface area contributed by atoms with Gasteiger partial charge in [0.25, 0.3) is 0 Å². The van der Waals surface area contributed by atoms with Crippen molar-refractivity contribution in [3.63, 3.8) is 0 Å². The van der Waals surface area contributed by atoms with Crippen LogP contribution in [-0.4, -0.2) is 15.8 Å². The molecule has 1 heterocycles. The summed E-state index contributed by atoms with van der Waals surface area (Å²) < 4.78 is 13.2. The van der Waals surface area contributed by atoms with Gasteiger partial charge in [0, 0.05) is 17.8 Å². The SMILES string of the molecule is CC1(C)CC(=O)c2c(nc(Nc3ccc(F)cc3)nc2Nc2ccccc2)C1. The standard InChI is InChI=1S/C22H21FN4O/c1-22(2)12-17-19(18(28)13-22)20(24-15-6-4-3-5-7-15)27-21(26-17)25-16-10-8-14(23)9-11-16/h3-11H,12-13H2,1-2H3,(H2,24,25,26,27). The molecule has 142 valence electrons. The summed E-state index contributed by atoms with van der Waals surface area (Å²) in [5.74, 6) is 0.587. The third-order valence-corrected chi connectivity index (χ3v) is 4.68. The molecule has 4 rings (SSSR count). The number of ketones is 1. The number of para-hydroxylation sites is 1. The van der Waals surface area contributed by atoms with Crippen molar-refractivity contribution in [2.75, 3.05) is 10.6 Å². The predicted molar refractivity (Wildman–Crippen MR) is 108 cm³/mol. The molecule has 0 bridgehead atoms. The highest BCUT2D eigenvalue weighted by Crippen LogP contribution is 2.37. The smallest absolute Gasteiger partial charge is 0.229 e. The molecule has 0 atom stereocenters. The van der Waals surface area contributed by atoms with Crippen LogP contribution in [0.4, 0.5) is 27.5 Å². The molecule has 0 amide bonds. The summed E-state index contributed by atoms with van der Waals surface area (Å²) in [4.78, 5) is 22.0. The monoisotopic (exact) mass is 376 g/mol. The van der Waals surface area contributed by atoms with Gasteiger partial charge in [-0.25, -0.2) is 9.37 Å². The molecule has 0 unspecified atom stereocenters. The summed E-state index contributed by atoms with van der Waals surface area (Å²) in [7, 11) is 0. The largest absolute Gasteiger partial charge is 0.339 e. The number of hydrogen-bond acceptors (Lipinski definition) is 5. The van der Waals surface area contributed by atoms with E-state index >= 15 is 0 Å². The number of halogens is 1. The van der Waals surface area contributed by atoms with Crippen molar-refractivity contribution >= 4 is 28.9 Å². The summed E-state index contributed by atoms with van der Waals surface area (Å²) in [6.07, 6.45) is 1.13. The predicted octanol–water partition coefficient (Wildman–Crippen LogP) is 5.26. The maximum absolute atomic E-state index is 13.2. The molecule has 2 N–H and O–H groups in total. The fraction of sp³-hybridized carbons (Fsp3) is 0.227. The first kappa shape index (κ1) is 18.1. The van der Waals surface area contributed by atoms with Gasteiger partial charge in [0.15, 0.2) is 5.78 Å². The Kier molecular flexibility index (Phi) is 4.55. The van der Waals surface area contributed by atoms with E-state index in [1.54, 1.807) is 12.1 Å². The molecule has 5 nitrogen and oxygen atoms in total. The van der Waals surface area contributed by atoms with Crippen LogP contribution in [-0.2, 0) is 6.42 Å². The third-order valence-electron chi connectivity index (χ3n) is 4.68. The van der Waals surface area contributed by atoms with E-state index in [9.17, 15) is 9.18 Å². The number of Topliss-reactive ketones (excluding diaryl/α,β-unsaturated/α-hetero) is 1. The highest BCUT2D eigenvalue weighted by atomic mass is 19.1. The van der Waals surface area contributed by atoms with Crippen molar-refractivity contribution < 1.29 is 9.18 Å². The van der Waals surface area contributed by atoms with Gasteiger partial charge in [-0.15, -0.1) is 0 Å². The quantitative estimate of drug-likeness (QED) is 0.650. The van der Waals surface area contributed by atoms with Crippen LogP contribution in [0.2, 0.25) is 0 Å². The van der Waals surface area contributed by atoms with Crippen molar-refractivity contribution in [2.45, 2.75) is 26.7 Å². The molecule has 0 radical (unpaired) electrons. The molecule has 3 aromatic rings. The van der Waals surface area contributed by atoms with Crippen molar-refractivity contribution in [3.05, 3.63) is 71.7 Å². The number of fused-ring (bicyclic) bond motifs is 1. The average Bonchev–Trinajstić information content (AvgIpc) is 2.63. The van der Waals surface area contributed by atoms with Crippen LogP contribution in [0.1, 0.15) is 36.3 Å². The zero-order valence-corrected chi connectivity index (χ0v) is 15.8. The Hall–Kier alpha value is -3.28. The molecule has 6 heteroatoms. The Morgan fingerprint density at radius 1 is 0.893 bits per heavy atom. The Bertz CT molecular complexity index is 1020. The lowest BCUT2D eigenvalue weighted by molar-refractivity contribution is 0.0911. The second-order valence-corrected chi connectivity index (χ2v) is 7.78. The number of hydrogen-bond donors (Lipinski definition) is 2. The number of carbonyl (C=O) groups is 1. The van der Waals surface area contributed by atoms with Gasteiger partial charge in [-0.3, -0.25) is 4.79 Å². The lowest BCUT2D eigenvalue weighted by Gasteiger charge is -2.30. The Morgan fingerprint density at radius 2 is 1.57 bits per heavy atom. The summed E-state index contributed by atoms with van der Waals surface area (Å²) in [6, 6.07) is 15.6. The van der Waals surface area contributed by atoms with E-state index in [0.717, 1.165) is 11.4 Å². The van der Waals surface area contributed by atoms with Gasteiger partial charge in [0.2, 0.25) is 5.95 Å². The molecule has 1 aliphatic carbocycles. The maximum atomic E-state index is 13.2. The topological polar surface area (TPSA) is 66.9 Å². The number of anilines is 4. The minimum Gasteiger partial charge on any atom is -0.339 e. The van der Waals surface area contributed by atoms with E-state index in [4.69, 9.17) is 0 Å². The van der Waals surface area contributed by atoms with Gasteiger partial charge in [0.1, 0.15) is 11.6 Å². The summed E-state index contributed by atoms with van der Waals surface area (Å²) in [6.45, 7) is 4.13. The number of aromatic nitrogens is 2. The molecule has 1 aromatic heterocycles. The van der Waals surface area contributed by atoms with Crippen molar-refractivity contribution in [2.24, 2.45) is 5.41 Å². The van der Waals surface area contributed by atoms with Crippen LogP contribution in [0, 0.1) is 11.2 Å². The van der Waals surface area contributed by atoms with Crippen LogP contribution in [0.25, 0.3) is 0 Å². The zero-order chi connectivity index (χ0) is 19.7. The van der Waals surface area contributed by atoms with Crippen molar-refractivity contribution in [1.29, 1.82) is 0 Å². The van der Waals surface area contributed by atoms with Crippen LogP contribution in [0.5, 0.6) is 0 Å². The van der Waals surface area contributed by atoms with Crippen LogP contribution >= 0.6 is 0 Å². The van der Waals surface area contributed by atoms with E-state index in [0.29, 0.717) is 35.9 Å². The molecule has 0 saturated heterocycles. The van der Waals surface area contributed by atoms with E-state index in [1.807, 2.05) is 30.3 Å². The minimum absolute atomic E-state index is 0.0398. The van der Waals surface area contributed by atoms with E-state index in [1.165, 1.54) is 12.1 Å². The van der Waals surface area contributed by atoms with Crippen molar-refractivity contribution in [3.8, 4) is 0 Å². The molecule has 0 aliphatic heterocycles. The van der Waals surface area contributed by atoms with Gasteiger partial charge in [-0.1, -0.05) is 32.0 Å². The summed E-state index contributed by atoms with van der Waals surface area (Å²) in [5, 5.41) is 6.36. The number of carbonyl (C=O) groups excluding carboxylic acids is 1. The highest BCUT2D eigenvalue weighted by Gasteiger charge is 2.35. The first-order valence-corrected chi connectivity index (χ1v) is 9.18. The van der Waals surface area contributed by atoms with Gasteiger partial charge in [0.05, 0.1) is 11.3 Å². The molecule has 0 fully saturated rings.